The van der Waals surface area contributed by atoms with E-state index in [0.29, 0.717) is 12.1 Å². The Morgan fingerprint density at radius 3 is 2.63 bits per heavy atom. The molecule has 0 aliphatic carbocycles. The van der Waals surface area contributed by atoms with E-state index in [9.17, 15) is 8.78 Å². The molecule has 0 saturated heterocycles. The third-order valence-electron chi connectivity index (χ3n) is 2.98. The number of nitrogens with one attached hydrogen (secondary N) is 1. The Balaban J connectivity index is 2.04. The lowest BCUT2D eigenvalue weighted by atomic mass is 10.1. The smallest absolute Gasteiger partial charge is 0.146 e. The fourth-order valence-corrected chi connectivity index (χ4v) is 2.04. The van der Waals surface area contributed by atoms with Crippen LogP contribution < -0.4 is 5.32 Å². The number of rotatable bonds is 4. The molecular formula is C15H14ClF2N. The second-order valence-corrected chi connectivity index (χ2v) is 4.78. The molecule has 1 atom stereocenters. The Labute approximate surface area is 116 Å². The number of halogens is 3. The van der Waals surface area contributed by atoms with E-state index in [2.05, 4.69) is 5.32 Å². The van der Waals surface area contributed by atoms with E-state index < -0.39 is 5.82 Å². The maximum absolute atomic E-state index is 13.7. The highest BCUT2D eigenvalue weighted by Crippen LogP contribution is 2.19. The normalized spacial score (nSPS) is 12.4. The van der Waals surface area contributed by atoms with E-state index in [0.717, 1.165) is 5.56 Å². The maximum Gasteiger partial charge on any atom is 0.146 e. The van der Waals surface area contributed by atoms with Crippen molar-refractivity contribution < 1.29 is 8.78 Å². The first-order valence-corrected chi connectivity index (χ1v) is 6.37. The van der Waals surface area contributed by atoms with Gasteiger partial charge in [0.2, 0.25) is 0 Å². The van der Waals surface area contributed by atoms with E-state index in [-0.39, 0.29) is 16.9 Å². The topological polar surface area (TPSA) is 12.0 Å². The van der Waals surface area contributed by atoms with Gasteiger partial charge in [-0.2, -0.15) is 0 Å². The zero-order valence-corrected chi connectivity index (χ0v) is 11.2. The Morgan fingerprint density at radius 2 is 1.89 bits per heavy atom. The van der Waals surface area contributed by atoms with Crippen LogP contribution in [-0.2, 0) is 6.54 Å². The summed E-state index contributed by atoms with van der Waals surface area (Å²) in [5.41, 5.74) is 1.32. The van der Waals surface area contributed by atoms with Gasteiger partial charge in [0, 0.05) is 18.2 Å². The van der Waals surface area contributed by atoms with Crippen molar-refractivity contribution in [3.8, 4) is 0 Å². The zero-order valence-electron chi connectivity index (χ0n) is 10.5. The van der Waals surface area contributed by atoms with Crippen molar-refractivity contribution in [1.82, 2.24) is 5.32 Å². The molecule has 0 heterocycles. The number of hydrogen-bond donors (Lipinski definition) is 1. The molecule has 1 N–H and O–H groups in total. The van der Waals surface area contributed by atoms with Gasteiger partial charge in [-0.05, 0) is 30.7 Å². The molecule has 19 heavy (non-hydrogen) atoms. The minimum absolute atomic E-state index is 0.0749. The minimum Gasteiger partial charge on any atom is -0.306 e. The maximum atomic E-state index is 13.7. The lowest BCUT2D eigenvalue weighted by molar-refractivity contribution is 0.540. The fraction of sp³-hybridized carbons (Fsp3) is 0.200. The Bertz CT molecular complexity index is 572. The van der Waals surface area contributed by atoms with Crippen molar-refractivity contribution in [3.05, 3.63) is 70.2 Å². The third-order valence-corrected chi connectivity index (χ3v) is 3.27. The van der Waals surface area contributed by atoms with Gasteiger partial charge in [0.05, 0.1) is 5.02 Å². The summed E-state index contributed by atoms with van der Waals surface area (Å²) in [4.78, 5) is 0. The van der Waals surface area contributed by atoms with Gasteiger partial charge in [-0.3, -0.25) is 0 Å². The van der Waals surface area contributed by atoms with Crippen molar-refractivity contribution in [2.75, 3.05) is 0 Å². The molecule has 4 heteroatoms. The molecule has 0 aromatic heterocycles. The van der Waals surface area contributed by atoms with Crippen molar-refractivity contribution in [2.24, 2.45) is 0 Å². The molecule has 2 aromatic rings. The van der Waals surface area contributed by atoms with Crippen LogP contribution in [0.25, 0.3) is 0 Å². The minimum atomic E-state index is -0.414. The lowest BCUT2D eigenvalue weighted by Crippen LogP contribution is -2.19. The van der Waals surface area contributed by atoms with E-state index in [1.54, 1.807) is 18.2 Å². The van der Waals surface area contributed by atoms with Gasteiger partial charge in [0.25, 0.3) is 0 Å². The average Bonchev–Trinajstić information content (AvgIpc) is 2.40. The summed E-state index contributed by atoms with van der Waals surface area (Å²) in [6, 6.07) is 11.2. The summed E-state index contributed by atoms with van der Waals surface area (Å²) >= 11 is 5.71. The van der Waals surface area contributed by atoms with E-state index in [4.69, 9.17) is 11.6 Å². The summed E-state index contributed by atoms with van der Waals surface area (Å²) in [5, 5.41) is 3.25. The van der Waals surface area contributed by atoms with Crippen LogP contribution in [0.4, 0.5) is 8.78 Å². The Morgan fingerprint density at radius 1 is 1.16 bits per heavy atom. The quantitative estimate of drug-likeness (QED) is 0.872. The summed E-state index contributed by atoms with van der Waals surface area (Å²) in [6.45, 7) is 2.24. The molecular weight excluding hydrogens is 268 g/mol. The van der Waals surface area contributed by atoms with Crippen LogP contribution in [0.15, 0.2) is 42.5 Å². The average molecular weight is 282 g/mol. The van der Waals surface area contributed by atoms with E-state index >= 15 is 0 Å². The monoisotopic (exact) mass is 281 g/mol. The molecule has 0 aliphatic rings. The predicted octanol–water partition coefficient (Wildman–Crippen LogP) is 4.47. The second-order valence-electron chi connectivity index (χ2n) is 4.37. The van der Waals surface area contributed by atoms with Crippen molar-refractivity contribution in [1.29, 1.82) is 0 Å². The molecule has 0 unspecified atom stereocenters. The Kier molecular flexibility index (Phi) is 4.51. The Hall–Kier alpha value is -1.45. The third kappa shape index (κ3) is 3.52. The standard InChI is InChI=1S/C15H14ClF2N/c1-10(11-4-2-6-13(17)8-11)19-9-12-5-3-7-14(16)15(12)18/h2-8,10,19H,9H2,1H3/t10-/m1/s1. The second kappa shape index (κ2) is 6.13. The van der Waals surface area contributed by atoms with E-state index in [1.165, 1.54) is 18.2 Å². The highest BCUT2D eigenvalue weighted by atomic mass is 35.5. The number of benzene rings is 2. The van der Waals surface area contributed by atoms with Crippen LogP contribution in [0.3, 0.4) is 0 Å². The molecule has 0 fully saturated rings. The van der Waals surface area contributed by atoms with Gasteiger partial charge in [-0.15, -0.1) is 0 Å². The van der Waals surface area contributed by atoms with Crippen molar-refractivity contribution >= 4 is 11.6 Å². The molecule has 0 saturated carbocycles. The SMILES string of the molecule is C[C@@H](NCc1cccc(Cl)c1F)c1cccc(F)c1. The van der Waals surface area contributed by atoms with Gasteiger partial charge in [0.15, 0.2) is 0 Å². The number of hydrogen-bond acceptors (Lipinski definition) is 1. The summed E-state index contributed by atoms with van der Waals surface area (Å²) in [7, 11) is 0. The van der Waals surface area contributed by atoms with Gasteiger partial charge < -0.3 is 5.32 Å². The molecule has 0 radical (unpaired) electrons. The largest absolute Gasteiger partial charge is 0.306 e. The molecule has 100 valence electrons. The van der Waals surface area contributed by atoms with Gasteiger partial charge in [-0.1, -0.05) is 35.9 Å². The molecule has 0 spiro atoms. The molecule has 1 nitrogen and oxygen atoms in total. The highest BCUT2D eigenvalue weighted by Gasteiger charge is 2.09. The summed E-state index contributed by atoms with van der Waals surface area (Å²) in [5.74, 6) is -0.691. The van der Waals surface area contributed by atoms with Crippen LogP contribution in [0.1, 0.15) is 24.1 Å². The van der Waals surface area contributed by atoms with Gasteiger partial charge >= 0.3 is 0 Å². The molecule has 0 aliphatic heterocycles. The van der Waals surface area contributed by atoms with Crippen molar-refractivity contribution in [2.45, 2.75) is 19.5 Å². The van der Waals surface area contributed by atoms with Crippen LogP contribution in [0.2, 0.25) is 5.02 Å². The van der Waals surface area contributed by atoms with Crippen molar-refractivity contribution in [3.63, 3.8) is 0 Å². The van der Waals surface area contributed by atoms with E-state index in [1.807, 2.05) is 13.0 Å². The predicted molar refractivity (Wildman–Crippen MR) is 73.1 cm³/mol. The van der Waals surface area contributed by atoms with Crippen LogP contribution in [0, 0.1) is 11.6 Å². The van der Waals surface area contributed by atoms with Crippen LogP contribution in [-0.4, -0.2) is 0 Å². The molecule has 0 bridgehead atoms. The van der Waals surface area contributed by atoms with Crippen LogP contribution >= 0.6 is 11.6 Å². The molecule has 2 aromatic carbocycles. The molecule has 2 rings (SSSR count). The van der Waals surface area contributed by atoms with Gasteiger partial charge in [0.1, 0.15) is 11.6 Å². The summed E-state index contributed by atoms with van der Waals surface area (Å²) in [6.07, 6.45) is 0. The first-order chi connectivity index (χ1) is 9.08. The van der Waals surface area contributed by atoms with Crippen LogP contribution in [0.5, 0.6) is 0 Å². The molecule has 0 amide bonds. The summed E-state index contributed by atoms with van der Waals surface area (Å²) < 4.78 is 26.8. The first kappa shape index (κ1) is 14.0. The fourth-order valence-electron chi connectivity index (χ4n) is 1.84. The first-order valence-electron chi connectivity index (χ1n) is 5.99. The lowest BCUT2D eigenvalue weighted by Gasteiger charge is -2.15. The van der Waals surface area contributed by atoms with Gasteiger partial charge in [-0.25, -0.2) is 8.78 Å². The highest BCUT2D eigenvalue weighted by molar-refractivity contribution is 6.30. The zero-order chi connectivity index (χ0) is 13.8.